The number of hydrogen-bond donors (Lipinski definition) is 1. The van der Waals surface area contributed by atoms with Gasteiger partial charge in [-0.15, -0.1) is 11.3 Å². The molecule has 2 atom stereocenters. The Bertz CT molecular complexity index is 461. The van der Waals surface area contributed by atoms with Crippen molar-refractivity contribution in [3.8, 4) is 0 Å². The number of ether oxygens (including phenoxy) is 1. The standard InChI is InChI=1S/C14H21N3O2S/c1-10(2)13-11(4-5-19-13)6-15-14(18)17(3)7-12-8-20-9-16-12/h8-9,11,13H,1,4-7H2,2-3H3,(H,15,18). The molecule has 0 spiro atoms. The highest BCUT2D eigenvalue weighted by molar-refractivity contribution is 7.07. The van der Waals surface area contributed by atoms with Gasteiger partial charge in [0, 0.05) is 31.5 Å². The summed E-state index contributed by atoms with van der Waals surface area (Å²) in [6, 6.07) is -0.0784. The van der Waals surface area contributed by atoms with Crippen molar-refractivity contribution in [2.75, 3.05) is 20.2 Å². The Kier molecular flexibility index (Phi) is 5.14. The van der Waals surface area contributed by atoms with Crippen molar-refractivity contribution in [3.05, 3.63) is 28.7 Å². The smallest absolute Gasteiger partial charge is 0.317 e. The zero-order valence-corrected chi connectivity index (χ0v) is 12.8. The maximum atomic E-state index is 12.0. The molecular formula is C14H21N3O2S. The fraction of sp³-hybridized carbons (Fsp3) is 0.571. The number of aromatic nitrogens is 1. The number of nitrogens with zero attached hydrogens (tertiary/aromatic N) is 2. The summed E-state index contributed by atoms with van der Waals surface area (Å²) in [7, 11) is 1.77. The van der Waals surface area contributed by atoms with Gasteiger partial charge in [-0.1, -0.05) is 12.2 Å². The Hall–Kier alpha value is -1.40. The molecule has 0 radical (unpaired) electrons. The number of carbonyl (C=O) groups excluding carboxylic acids is 1. The molecule has 110 valence electrons. The topological polar surface area (TPSA) is 54.5 Å². The van der Waals surface area contributed by atoms with Crippen molar-refractivity contribution < 1.29 is 9.53 Å². The molecule has 1 aliphatic heterocycles. The summed E-state index contributed by atoms with van der Waals surface area (Å²) >= 11 is 1.53. The highest BCUT2D eigenvalue weighted by Crippen LogP contribution is 2.25. The summed E-state index contributed by atoms with van der Waals surface area (Å²) in [6.45, 7) is 7.81. The predicted octanol–water partition coefficient (Wildman–Crippen LogP) is 2.27. The molecule has 5 nitrogen and oxygen atoms in total. The van der Waals surface area contributed by atoms with Crippen molar-refractivity contribution in [1.82, 2.24) is 15.2 Å². The molecule has 6 heteroatoms. The second-order valence-corrected chi connectivity index (χ2v) is 5.93. The van der Waals surface area contributed by atoms with Gasteiger partial charge in [0.2, 0.25) is 0 Å². The molecule has 1 aromatic rings. The maximum absolute atomic E-state index is 12.0. The van der Waals surface area contributed by atoms with Gasteiger partial charge < -0.3 is 15.0 Å². The Morgan fingerprint density at radius 2 is 2.50 bits per heavy atom. The van der Waals surface area contributed by atoms with E-state index in [4.69, 9.17) is 4.74 Å². The summed E-state index contributed by atoms with van der Waals surface area (Å²) in [5.74, 6) is 0.323. The van der Waals surface area contributed by atoms with Crippen LogP contribution in [0.5, 0.6) is 0 Å². The fourth-order valence-corrected chi connectivity index (χ4v) is 2.92. The van der Waals surface area contributed by atoms with Crippen molar-refractivity contribution >= 4 is 17.4 Å². The average molecular weight is 295 g/mol. The first kappa shape index (κ1) is 15.0. The first-order chi connectivity index (χ1) is 9.58. The Balaban J connectivity index is 1.78. The second kappa shape index (κ2) is 6.85. The van der Waals surface area contributed by atoms with E-state index < -0.39 is 0 Å². The van der Waals surface area contributed by atoms with E-state index in [9.17, 15) is 4.79 Å². The van der Waals surface area contributed by atoms with Crippen LogP contribution in [0.2, 0.25) is 0 Å². The summed E-state index contributed by atoms with van der Waals surface area (Å²) < 4.78 is 5.63. The average Bonchev–Trinajstić information content (AvgIpc) is 3.06. The molecule has 2 heterocycles. The van der Waals surface area contributed by atoms with Crippen molar-refractivity contribution in [2.45, 2.75) is 26.0 Å². The summed E-state index contributed by atoms with van der Waals surface area (Å²) in [6.07, 6.45) is 1.03. The van der Waals surface area contributed by atoms with Gasteiger partial charge in [-0.3, -0.25) is 0 Å². The van der Waals surface area contributed by atoms with E-state index in [1.807, 2.05) is 12.3 Å². The van der Waals surface area contributed by atoms with Crippen LogP contribution in [0.25, 0.3) is 0 Å². The van der Waals surface area contributed by atoms with E-state index in [2.05, 4.69) is 16.9 Å². The van der Waals surface area contributed by atoms with E-state index in [0.717, 1.165) is 24.3 Å². The van der Waals surface area contributed by atoms with Gasteiger partial charge in [-0.2, -0.15) is 0 Å². The van der Waals surface area contributed by atoms with Crippen LogP contribution in [0.1, 0.15) is 19.0 Å². The van der Waals surface area contributed by atoms with Crippen molar-refractivity contribution in [2.24, 2.45) is 5.92 Å². The molecular weight excluding hydrogens is 274 g/mol. The molecule has 2 rings (SSSR count). The Morgan fingerprint density at radius 1 is 1.70 bits per heavy atom. The van der Waals surface area contributed by atoms with E-state index in [0.29, 0.717) is 19.0 Å². The molecule has 0 aromatic carbocycles. The number of rotatable bonds is 5. The Morgan fingerprint density at radius 3 is 3.15 bits per heavy atom. The summed E-state index contributed by atoms with van der Waals surface area (Å²) in [5.41, 5.74) is 3.71. The molecule has 2 amide bonds. The van der Waals surface area contributed by atoms with Crippen molar-refractivity contribution in [1.29, 1.82) is 0 Å². The van der Waals surface area contributed by atoms with E-state index >= 15 is 0 Å². The van der Waals surface area contributed by atoms with Crippen LogP contribution < -0.4 is 5.32 Å². The van der Waals surface area contributed by atoms with Crippen LogP contribution in [0.15, 0.2) is 23.0 Å². The molecule has 1 aromatic heterocycles. The lowest BCUT2D eigenvalue weighted by atomic mass is 9.97. The number of carbonyl (C=O) groups is 1. The molecule has 20 heavy (non-hydrogen) atoms. The molecule has 1 fully saturated rings. The molecule has 1 aliphatic rings. The second-order valence-electron chi connectivity index (χ2n) is 5.21. The van der Waals surface area contributed by atoms with Crippen LogP contribution >= 0.6 is 11.3 Å². The molecule has 0 bridgehead atoms. The first-order valence-corrected chi connectivity index (χ1v) is 7.65. The third-order valence-electron chi connectivity index (χ3n) is 3.44. The lowest BCUT2D eigenvalue weighted by Gasteiger charge is -2.21. The lowest BCUT2D eigenvalue weighted by molar-refractivity contribution is 0.118. The minimum Gasteiger partial charge on any atom is -0.374 e. The van der Waals surface area contributed by atoms with Gasteiger partial charge in [0.1, 0.15) is 0 Å². The predicted molar refractivity (Wildman–Crippen MR) is 79.6 cm³/mol. The van der Waals surface area contributed by atoms with Gasteiger partial charge >= 0.3 is 6.03 Å². The number of hydrogen-bond acceptors (Lipinski definition) is 4. The van der Waals surface area contributed by atoms with Crippen LogP contribution in [-0.4, -0.2) is 42.2 Å². The molecule has 1 N–H and O–H groups in total. The number of thiazole rings is 1. The monoisotopic (exact) mass is 295 g/mol. The quantitative estimate of drug-likeness (QED) is 0.848. The Labute approximate surface area is 123 Å². The number of urea groups is 1. The number of amides is 2. The van der Waals surface area contributed by atoms with E-state index in [1.54, 1.807) is 17.5 Å². The molecule has 0 saturated carbocycles. The normalized spacial score (nSPS) is 21.7. The third kappa shape index (κ3) is 3.80. The highest BCUT2D eigenvalue weighted by Gasteiger charge is 2.29. The highest BCUT2D eigenvalue weighted by atomic mass is 32.1. The summed E-state index contributed by atoms with van der Waals surface area (Å²) in [4.78, 5) is 17.8. The maximum Gasteiger partial charge on any atom is 0.317 e. The van der Waals surface area contributed by atoms with Gasteiger partial charge in [-0.05, 0) is 13.3 Å². The van der Waals surface area contributed by atoms with Crippen LogP contribution in [0, 0.1) is 5.92 Å². The van der Waals surface area contributed by atoms with Gasteiger partial charge in [0.05, 0.1) is 23.9 Å². The number of nitrogens with one attached hydrogen (secondary N) is 1. The largest absolute Gasteiger partial charge is 0.374 e. The van der Waals surface area contributed by atoms with Crippen LogP contribution in [0.4, 0.5) is 4.79 Å². The lowest BCUT2D eigenvalue weighted by Crippen LogP contribution is -2.40. The van der Waals surface area contributed by atoms with Crippen LogP contribution in [-0.2, 0) is 11.3 Å². The minimum absolute atomic E-state index is 0.0687. The summed E-state index contributed by atoms with van der Waals surface area (Å²) in [5, 5.41) is 4.91. The fourth-order valence-electron chi connectivity index (χ4n) is 2.37. The van der Waals surface area contributed by atoms with E-state index in [1.165, 1.54) is 11.3 Å². The molecule has 0 aliphatic carbocycles. The SMILES string of the molecule is C=C(C)C1OCCC1CNC(=O)N(C)Cc1cscn1. The third-order valence-corrected chi connectivity index (χ3v) is 4.08. The van der Waals surface area contributed by atoms with Gasteiger partial charge in [-0.25, -0.2) is 9.78 Å². The van der Waals surface area contributed by atoms with Crippen molar-refractivity contribution in [3.63, 3.8) is 0 Å². The van der Waals surface area contributed by atoms with Gasteiger partial charge in [0.25, 0.3) is 0 Å². The zero-order valence-electron chi connectivity index (χ0n) is 12.0. The molecule has 1 saturated heterocycles. The minimum atomic E-state index is -0.0784. The molecule has 2 unspecified atom stereocenters. The first-order valence-electron chi connectivity index (χ1n) is 6.71. The van der Waals surface area contributed by atoms with Gasteiger partial charge in [0.15, 0.2) is 0 Å². The van der Waals surface area contributed by atoms with E-state index in [-0.39, 0.29) is 12.1 Å². The zero-order chi connectivity index (χ0) is 14.5. The van der Waals surface area contributed by atoms with Crippen LogP contribution in [0.3, 0.4) is 0 Å².